The van der Waals surface area contributed by atoms with E-state index in [4.69, 9.17) is 10.2 Å². The highest BCUT2D eigenvalue weighted by atomic mass is 16.8. The van der Waals surface area contributed by atoms with Crippen LogP contribution in [0.3, 0.4) is 0 Å². The van der Waals surface area contributed by atoms with Crippen molar-refractivity contribution < 1.29 is 19.7 Å². The summed E-state index contributed by atoms with van der Waals surface area (Å²) in [5.74, 6) is -0.790. The Kier molecular flexibility index (Phi) is 1.12. The van der Waals surface area contributed by atoms with Crippen molar-refractivity contribution in [2.45, 2.75) is 0 Å². The van der Waals surface area contributed by atoms with Gasteiger partial charge in [0.1, 0.15) is 0 Å². The van der Waals surface area contributed by atoms with Crippen molar-refractivity contribution in [1.82, 2.24) is 5.16 Å². The van der Waals surface area contributed by atoms with Crippen molar-refractivity contribution in [3.05, 3.63) is 17.3 Å². The van der Waals surface area contributed by atoms with Gasteiger partial charge in [-0.2, -0.15) is 0 Å². The first kappa shape index (κ1) is 6.71. The second-order valence-corrected chi connectivity index (χ2v) is 2.23. The van der Waals surface area contributed by atoms with Gasteiger partial charge in [0.05, 0.1) is 5.16 Å². The van der Waals surface area contributed by atoms with E-state index in [-0.39, 0.29) is 21.7 Å². The van der Waals surface area contributed by atoms with Crippen molar-refractivity contribution in [3.63, 3.8) is 0 Å². The normalized spacial score (nSPS) is 10.7. The number of phenolic OH excluding ortho intramolecular Hbond substituents is 2. The molecule has 0 atom stereocenters. The predicted octanol–water partition coefficient (Wildman–Crippen LogP) is -0.128. The zero-order valence-corrected chi connectivity index (χ0v) is 5.76. The Balaban J connectivity index is 2.93. The molecule has 0 unspecified atom stereocenters. The summed E-state index contributed by atoms with van der Waals surface area (Å²) in [6.07, 6.45) is 0. The van der Waals surface area contributed by atoms with E-state index in [9.17, 15) is 5.21 Å². The maximum absolute atomic E-state index is 10.7. The fourth-order valence-electron chi connectivity index (χ4n) is 0.918. The van der Waals surface area contributed by atoms with Crippen LogP contribution in [-0.4, -0.2) is 15.4 Å². The number of aromatic hydroxyl groups is 2. The third-order valence-corrected chi connectivity index (χ3v) is 1.51. The summed E-state index contributed by atoms with van der Waals surface area (Å²) in [6, 6.07) is 2.48. The van der Waals surface area contributed by atoms with Crippen LogP contribution in [0.2, 0.25) is 0 Å². The Morgan fingerprint density at radius 2 is 2.17 bits per heavy atom. The summed E-state index contributed by atoms with van der Waals surface area (Å²) in [7, 11) is 0. The molecule has 0 aliphatic carbocycles. The van der Waals surface area contributed by atoms with Crippen molar-refractivity contribution in [1.29, 1.82) is 0 Å². The highest BCUT2D eigenvalue weighted by Gasteiger charge is 2.16. The minimum absolute atomic E-state index is 0.0509. The quantitative estimate of drug-likeness (QED) is 0.422. The number of hydrogen-bond donors (Lipinski definition) is 2. The Morgan fingerprint density at radius 3 is 2.92 bits per heavy atom. The van der Waals surface area contributed by atoms with E-state index in [0.717, 1.165) is 0 Å². The van der Waals surface area contributed by atoms with Gasteiger partial charge >= 0.3 is 0 Å². The number of fused-ring (bicyclic) bond motifs is 1. The molecule has 62 valence electrons. The second-order valence-electron chi connectivity index (χ2n) is 2.23. The fourth-order valence-corrected chi connectivity index (χ4v) is 0.918. The monoisotopic (exact) mass is 168 g/mol. The van der Waals surface area contributed by atoms with Crippen molar-refractivity contribution in [2.75, 3.05) is 0 Å². The highest BCUT2D eigenvalue weighted by molar-refractivity contribution is 5.80. The van der Waals surface area contributed by atoms with Crippen LogP contribution in [0.4, 0.5) is 0 Å². The number of rotatable bonds is 0. The third-order valence-electron chi connectivity index (χ3n) is 1.51. The van der Waals surface area contributed by atoms with E-state index < -0.39 is 5.75 Å². The molecule has 2 rings (SSSR count). The maximum Gasteiger partial charge on any atom is 0.293 e. The first-order valence-corrected chi connectivity index (χ1v) is 3.10. The average molecular weight is 168 g/mol. The molecule has 0 spiro atoms. The van der Waals surface area contributed by atoms with E-state index in [1.807, 2.05) is 0 Å². The molecule has 0 amide bonds. The topological polar surface area (TPSA) is 93.4 Å². The minimum Gasteiger partial charge on any atom is -0.504 e. The molecule has 0 radical (unpaired) electrons. The Hall–Kier alpha value is -1.98. The first-order chi connectivity index (χ1) is 5.70. The first-order valence-electron chi connectivity index (χ1n) is 3.10. The van der Waals surface area contributed by atoms with Crippen molar-refractivity contribution in [3.8, 4) is 11.5 Å². The predicted molar refractivity (Wildman–Crippen MR) is 36.3 cm³/mol. The average Bonchev–Trinajstić information content (AvgIpc) is 2.41. The molecule has 0 bridgehead atoms. The molecule has 2 N–H and O–H groups in total. The molecule has 0 aliphatic heterocycles. The number of nitrogens with zero attached hydrogens (tertiary/aromatic N) is 2. The Labute approximate surface area is 65.8 Å². The van der Waals surface area contributed by atoms with E-state index >= 15 is 0 Å². The number of hydrogen-bond acceptors (Lipinski definition) is 5. The van der Waals surface area contributed by atoms with E-state index in [1.54, 1.807) is 0 Å². The van der Waals surface area contributed by atoms with Gasteiger partial charge in [-0.3, -0.25) is 4.63 Å². The van der Waals surface area contributed by atoms with Gasteiger partial charge in [-0.1, -0.05) is 0 Å². The van der Waals surface area contributed by atoms with Gasteiger partial charge in [0.15, 0.2) is 5.75 Å². The third kappa shape index (κ3) is 0.685. The summed E-state index contributed by atoms with van der Waals surface area (Å²) in [5.41, 5.74) is 0.0234. The van der Waals surface area contributed by atoms with Gasteiger partial charge in [0.25, 0.3) is 5.52 Å². The van der Waals surface area contributed by atoms with Crippen LogP contribution in [0.25, 0.3) is 11.0 Å². The molecule has 1 heterocycles. The number of phenols is 2. The lowest BCUT2D eigenvalue weighted by molar-refractivity contribution is -0.782. The standard InChI is InChI=1S/C6H4N2O4/c9-4-2-1-3-5(6(4)10)7-12-8(3)11/h1-2,9-10H. The van der Waals surface area contributed by atoms with Crippen molar-refractivity contribution in [2.24, 2.45) is 0 Å². The lowest BCUT2D eigenvalue weighted by atomic mass is 10.3. The molecule has 6 heteroatoms. The number of benzene rings is 1. The Bertz CT molecular complexity index is 436. The summed E-state index contributed by atoms with van der Waals surface area (Å²) in [5, 5.41) is 32.1. The SMILES string of the molecule is [O-][n+]1onc2c(O)c(O)ccc21. The molecule has 0 fully saturated rings. The summed E-state index contributed by atoms with van der Waals surface area (Å²) in [6.45, 7) is 0. The summed E-state index contributed by atoms with van der Waals surface area (Å²) >= 11 is 0. The molecule has 0 saturated heterocycles. The number of aromatic nitrogens is 2. The van der Waals surface area contributed by atoms with Gasteiger partial charge in [0, 0.05) is 0 Å². The maximum atomic E-state index is 10.7. The van der Waals surface area contributed by atoms with Gasteiger partial charge in [-0.25, -0.2) is 0 Å². The zero-order chi connectivity index (χ0) is 8.72. The second kappa shape index (κ2) is 2.00. The lowest BCUT2D eigenvalue weighted by Gasteiger charge is -1.91. The van der Waals surface area contributed by atoms with Crippen molar-refractivity contribution >= 4 is 11.0 Å². The van der Waals surface area contributed by atoms with E-state index in [2.05, 4.69) is 9.79 Å². The van der Waals surface area contributed by atoms with Crippen LogP contribution in [0.5, 0.6) is 11.5 Å². The molecule has 0 aliphatic rings. The van der Waals surface area contributed by atoms with Crippen LogP contribution in [-0.2, 0) is 0 Å². The minimum atomic E-state index is -0.453. The zero-order valence-electron chi connectivity index (χ0n) is 5.76. The molecular weight excluding hydrogens is 164 g/mol. The molecule has 1 aromatic carbocycles. The molecule has 12 heavy (non-hydrogen) atoms. The molecule has 2 aromatic rings. The van der Waals surface area contributed by atoms with Gasteiger partial charge in [-0.05, 0) is 17.0 Å². The van der Waals surface area contributed by atoms with Crippen LogP contribution in [0.15, 0.2) is 16.8 Å². The van der Waals surface area contributed by atoms with E-state index in [1.165, 1.54) is 12.1 Å². The van der Waals surface area contributed by atoms with E-state index in [0.29, 0.717) is 0 Å². The summed E-state index contributed by atoms with van der Waals surface area (Å²) < 4.78 is 4.19. The Morgan fingerprint density at radius 1 is 1.42 bits per heavy atom. The highest BCUT2D eigenvalue weighted by Crippen LogP contribution is 2.30. The molecule has 0 saturated carbocycles. The fraction of sp³-hybridized carbons (Fsp3) is 0. The smallest absolute Gasteiger partial charge is 0.293 e. The molecular formula is C6H4N2O4. The van der Waals surface area contributed by atoms with Crippen LogP contribution in [0.1, 0.15) is 0 Å². The van der Waals surface area contributed by atoms with Gasteiger partial charge in [-0.15, -0.1) is 0 Å². The lowest BCUT2D eigenvalue weighted by Crippen LogP contribution is -2.22. The molecule has 1 aromatic heterocycles. The van der Waals surface area contributed by atoms with Crippen LogP contribution < -0.4 is 4.90 Å². The molecule has 6 nitrogen and oxygen atoms in total. The largest absolute Gasteiger partial charge is 0.504 e. The summed E-state index contributed by atoms with van der Waals surface area (Å²) in [4.78, 5) is 0.147. The van der Waals surface area contributed by atoms with Gasteiger partial charge < -0.3 is 15.4 Å². The van der Waals surface area contributed by atoms with Crippen LogP contribution >= 0.6 is 0 Å². The van der Waals surface area contributed by atoms with Crippen LogP contribution in [0, 0.1) is 5.21 Å². The van der Waals surface area contributed by atoms with Gasteiger partial charge in [0.2, 0.25) is 11.3 Å².